The first-order chi connectivity index (χ1) is 15.0. The Hall–Kier alpha value is -3.37. The van der Waals surface area contributed by atoms with Gasteiger partial charge in [-0.25, -0.2) is 19.2 Å². The lowest BCUT2D eigenvalue weighted by Gasteiger charge is -2.35. The molecule has 1 aromatic carbocycles. The van der Waals surface area contributed by atoms with Crippen LogP contribution in [0, 0.1) is 11.6 Å². The topological polar surface area (TPSA) is 106 Å². The van der Waals surface area contributed by atoms with E-state index >= 15 is 8.78 Å². The van der Waals surface area contributed by atoms with E-state index in [0.717, 1.165) is 12.1 Å². The number of hydrogen-bond acceptors (Lipinski definition) is 7. The van der Waals surface area contributed by atoms with Crippen molar-refractivity contribution >= 4 is 28.3 Å². The van der Waals surface area contributed by atoms with E-state index in [0.29, 0.717) is 22.6 Å². The first kappa shape index (κ1) is 20.9. The van der Waals surface area contributed by atoms with Crippen molar-refractivity contribution in [2.24, 2.45) is 0 Å². The van der Waals surface area contributed by atoms with E-state index in [2.05, 4.69) is 15.3 Å². The van der Waals surface area contributed by atoms with Crippen molar-refractivity contribution < 1.29 is 28.3 Å². The molecule has 0 atom stereocenters. The van der Waals surface area contributed by atoms with Crippen molar-refractivity contribution in [3.63, 3.8) is 0 Å². The van der Waals surface area contributed by atoms with Gasteiger partial charge in [0.1, 0.15) is 11.6 Å². The van der Waals surface area contributed by atoms with Crippen LogP contribution in [0.2, 0.25) is 0 Å². The number of rotatable bonds is 5. The van der Waals surface area contributed by atoms with Crippen molar-refractivity contribution in [3.05, 3.63) is 53.7 Å². The highest BCUT2D eigenvalue weighted by Crippen LogP contribution is 2.39. The summed E-state index contributed by atoms with van der Waals surface area (Å²) in [5.74, 6) is -2.27. The number of aromatic nitrogens is 2. The number of carbonyl (C=O) groups is 1. The summed E-state index contributed by atoms with van der Waals surface area (Å²) in [6.07, 6.45) is 1.60. The molecule has 1 saturated heterocycles. The molecular weight excluding hydrogens is 410 g/mol. The number of benzene rings is 1. The fraction of sp³-hybridized carbons (Fsp3) is 0.286. The molecular formula is C21H20F2N4O4. The Bertz CT molecular complexity index is 1110. The van der Waals surface area contributed by atoms with Gasteiger partial charge in [-0.15, -0.1) is 0 Å². The van der Waals surface area contributed by atoms with Crippen molar-refractivity contribution in [1.29, 1.82) is 0 Å². The van der Waals surface area contributed by atoms with E-state index < -0.39 is 23.0 Å². The average Bonchev–Trinajstić information content (AvgIpc) is 2.78. The summed E-state index contributed by atoms with van der Waals surface area (Å²) in [6.45, 7) is 0.289. The summed E-state index contributed by atoms with van der Waals surface area (Å²) in [5.41, 5.74) is 0.697. The summed E-state index contributed by atoms with van der Waals surface area (Å²) in [5, 5.41) is 12.8. The van der Waals surface area contributed by atoms with E-state index in [1.807, 2.05) is 0 Å². The van der Waals surface area contributed by atoms with Crippen LogP contribution in [0.15, 0.2) is 36.5 Å². The molecule has 0 radical (unpaired) electrons. The standard InChI is InChI=1S/C21H20F2N4O4/c1-30-17-3-2-13-16(4-7-24-19(13)26-17)25-12-10-14(22)18(15(23)11-12)21(20(28)27-29)5-8-31-9-6-21/h2-4,7,10-11,29H,5-6,8-9H2,1H3,(H,27,28)(H,24,25,26). The Morgan fingerprint density at radius 3 is 2.55 bits per heavy atom. The molecule has 0 spiro atoms. The van der Waals surface area contributed by atoms with Gasteiger partial charge in [0.2, 0.25) is 5.88 Å². The predicted octanol–water partition coefficient (Wildman–Crippen LogP) is 3.21. The fourth-order valence-corrected chi connectivity index (χ4v) is 3.91. The Labute approximate surface area is 176 Å². The number of nitrogens with zero attached hydrogens (tertiary/aromatic N) is 2. The van der Waals surface area contributed by atoms with Crippen LogP contribution in [-0.2, 0) is 14.9 Å². The summed E-state index contributed by atoms with van der Waals surface area (Å²) in [6, 6.07) is 7.27. The summed E-state index contributed by atoms with van der Waals surface area (Å²) in [7, 11) is 1.49. The lowest BCUT2D eigenvalue weighted by molar-refractivity contribution is -0.139. The van der Waals surface area contributed by atoms with E-state index in [-0.39, 0.29) is 37.3 Å². The Balaban J connectivity index is 1.73. The lowest BCUT2D eigenvalue weighted by atomic mass is 9.73. The van der Waals surface area contributed by atoms with E-state index in [9.17, 15) is 4.79 Å². The quantitative estimate of drug-likeness (QED) is 0.422. The van der Waals surface area contributed by atoms with Crippen molar-refractivity contribution in [2.45, 2.75) is 18.3 Å². The highest BCUT2D eigenvalue weighted by Gasteiger charge is 2.45. The summed E-state index contributed by atoms with van der Waals surface area (Å²) < 4.78 is 40.6. The van der Waals surface area contributed by atoms with Gasteiger partial charge in [0, 0.05) is 42.1 Å². The Morgan fingerprint density at radius 2 is 1.90 bits per heavy atom. The molecule has 1 aliphatic rings. The molecule has 1 aliphatic heterocycles. The van der Waals surface area contributed by atoms with E-state index in [1.165, 1.54) is 13.3 Å². The normalized spacial score (nSPS) is 15.5. The second kappa shape index (κ2) is 8.40. The molecule has 162 valence electrons. The third kappa shape index (κ3) is 3.75. The minimum Gasteiger partial charge on any atom is -0.481 e. The zero-order chi connectivity index (χ0) is 22.0. The Morgan fingerprint density at radius 1 is 1.19 bits per heavy atom. The third-order valence-corrected chi connectivity index (χ3v) is 5.47. The van der Waals surface area contributed by atoms with Gasteiger partial charge >= 0.3 is 0 Å². The first-order valence-electron chi connectivity index (χ1n) is 9.57. The monoisotopic (exact) mass is 430 g/mol. The second-order valence-electron chi connectivity index (χ2n) is 7.16. The maximum atomic E-state index is 15.1. The molecule has 0 saturated carbocycles. The van der Waals surface area contributed by atoms with Crippen LogP contribution in [0.5, 0.6) is 5.88 Å². The number of ether oxygens (including phenoxy) is 2. The number of hydrogen-bond donors (Lipinski definition) is 3. The largest absolute Gasteiger partial charge is 0.481 e. The van der Waals surface area contributed by atoms with Crippen LogP contribution >= 0.6 is 0 Å². The number of nitrogens with one attached hydrogen (secondary N) is 2. The van der Waals surface area contributed by atoms with E-state index in [4.69, 9.17) is 14.7 Å². The summed E-state index contributed by atoms with van der Waals surface area (Å²) >= 11 is 0. The predicted molar refractivity (Wildman–Crippen MR) is 107 cm³/mol. The van der Waals surface area contributed by atoms with Crippen LogP contribution in [0.3, 0.4) is 0 Å². The first-order valence-corrected chi connectivity index (χ1v) is 9.57. The van der Waals surface area contributed by atoms with Gasteiger partial charge in [-0.3, -0.25) is 10.0 Å². The number of pyridine rings is 2. The SMILES string of the molecule is COc1ccc2c(Nc3cc(F)c(C4(C(=O)NO)CCOCC4)c(F)c3)ccnc2n1. The molecule has 3 heterocycles. The summed E-state index contributed by atoms with van der Waals surface area (Å²) in [4.78, 5) is 20.8. The van der Waals surface area contributed by atoms with Crippen molar-refractivity contribution in [2.75, 3.05) is 25.6 Å². The molecule has 0 bridgehead atoms. The number of carbonyl (C=O) groups excluding carboxylic acids is 1. The van der Waals surface area contributed by atoms with Crippen LogP contribution in [0.1, 0.15) is 18.4 Å². The van der Waals surface area contributed by atoms with Gasteiger partial charge in [-0.2, -0.15) is 4.98 Å². The van der Waals surface area contributed by atoms with Crippen LogP contribution < -0.4 is 15.5 Å². The highest BCUT2D eigenvalue weighted by atomic mass is 19.1. The second-order valence-corrected chi connectivity index (χ2v) is 7.16. The molecule has 31 heavy (non-hydrogen) atoms. The maximum Gasteiger partial charge on any atom is 0.254 e. The molecule has 0 unspecified atom stereocenters. The molecule has 1 amide bonds. The molecule has 0 aliphatic carbocycles. The molecule has 8 nitrogen and oxygen atoms in total. The van der Waals surface area contributed by atoms with Gasteiger partial charge in [0.25, 0.3) is 5.91 Å². The molecule has 1 fully saturated rings. The molecule has 4 rings (SSSR count). The van der Waals surface area contributed by atoms with Crippen LogP contribution in [0.4, 0.5) is 20.2 Å². The average molecular weight is 430 g/mol. The molecule has 3 N–H and O–H groups in total. The molecule has 2 aromatic heterocycles. The zero-order valence-electron chi connectivity index (χ0n) is 16.6. The lowest BCUT2D eigenvalue weighted by Crippen LogP contribution is -2.48. The zero-order valence-corrected chi connectivity index (χ0v) is 16.6. The molecule has 10 heteroatoms. The number of anilines is 2. The molecule has 3 aromatic rings. The van der Waals surface area contributed by atoms with Gasteiger partial charge < -0.3 is 14.8 Å². The number of hydroxylamine groups is 1. The fourth-order valence-electron chi connectivity index (χ4n) is 3.91. The van der Waals surface area contributed by atoms with Gasteiger partial charge in [0.05, 0.1) is 18.2 Å². The third-order valence-electron chi connectivity index (χ3n) is 5.47. The number of amides is 1. The van der Waals surface area contributed by atoms with Gasteiger partial charge in [-0.1, -0.05) is 0 Å². The van der Waals surface area contributed by atoms with E-state index in [1.54, 1.807) is 23.7 Å². The van der Waals surface area contributed by atoms with Crippen molar-refractivity contribution in [1.82, 2.24) is 15.4 Å². The number of fused-ring (bicyclic) bond motifs is 1. The van der Waals surface area contributed by atoms with Crippen LogP contribution in [0.25, 0.3) is 11.0 Å². The number of methoxy groups -OCH3 is 1. The van der Waals surface area contributed by atoms with Gasteiger partial charge in [0.15, 0.2) is 5.65 Å². The maximum absolute atomic E-state index is 15.1. The minimum atomic E-state index is -1.55. The van der Waals surface area contributed by atoms with Crippen molar-refractivity contribution in [3.8, 4) is 5.88 Å². The smallest absolute Gasteiger partial charge is 0.254 e. The Kier molecular flexibility index (Phi) is 5.66. The minimum absolute atomic E-state index is 0.0441. The van der Waals surface area contributed by atoms with Crippen LogP contribution in [-0.4, -0.2) is 41.4 Å². The van der Waals surface area contributed by atoms with Gasteiger partial charge in [-0.05, 0) is 37.1 Å². The highest BCUT2D eigenvalue weighted by molar-refractivity contribution is 5.91. The number of halogens is 2.